The third-order valence-electron chi connectivity index (χ3n) is 1.37. The van der Waals surface area contributed by atoms with Gasteiger partial charge in [0.25, 0.3) is 0 Å². The molecule has 2 aromatic rings. The summed E-state index contributed by atoms with van der Waals surface area (Å²) in [6, 6.07) is 0. The van der Waals surface area contributed by atoms with Gasteiger partial charge in [-0.05, 0) is 12.2 Å². The fourth-order valence-corrected chi connectivity index (χ4v) is 2.26. The van der Waals surface area contributed by atoms with Crippen LogP contribution in [0.5, 0.6) is 5.88 Å². The number of hydrogen-bond acceptors (Lipinski definition) is 6. The van der Waals surface area contributed by atoms with Crippen molar-refractivity contribution < 1.29 is 5.11 Å². The summed E-state index contributed by atoms with van der Waals surface area (Å²) in [6.45, 7) is 0. The second kappa shape index (κ2) is 3.99. The van der Waals surface area contributed by atoms with Crippen molar-refractivity contribution in [1.29, 1.82) is 0 Å². The van der Waals surface area contributed by atoms with Gasteiger partial charge in [-0.1, -0.05) is 11.3 Å². The third-order valence-corrected chi connectivity index (χ3v) is 3.21. The topological polar surface area (TPSA) is 61.3 Å². The summed E-state index contributed by atoms with van der Waals surface area (Å²) in [5, 5.41) is 11.8. The van der Waals surface area contributed by atoms with Crippen LogP contribution in [0, 0.1) is 3.95 Å². The lowest BCUT2D eigenvalue weighted by molar-refractivity contribution is 0.456. The van der Waals surface area contributed by atoms with Crippen molar-refractivity contribution in [2.45, 2.75) is 0 Å². The Kier molecular flexibility index (Phi) is 2.71. The van der Waals surface area contributed by atoms with Crippen molar-refractivity contribution in [2.24, 2.45) is 4.99 Å². The van der Waals surface area contributed by atoms with Crippen LogP contribution in [0.1, 0.15) is 4.88 Å². The van der Waals surface area contributed by atoms with Crippen molar-refractivity contribution in [2.75, 3.05) is 0 Å². The predicted octanol–water partition coefficient (Wildman–Crippen LogP) is 2.72. The van der Waals surface area contributed by atoms with Gasteiger partial charge in [0, 0.05) is 11.6 Å². The molecule has 72 valence electrons. The molecule has 2 rings (SSSR count). The van der Waals surface area contributed by atoms with E-state index in [2.05, 4.69) is 15.0 Å². The molecule has 0 radical (unpaired) electrons. The molecular weight excluding hydrogens is 238 g/mol. The number of thiazole rings is 2. The molecule has 0 unspecified atom stereocenters. The van der Waals surface area contributed by atoms with Crippen LogP contribution in [0.3, 0.4) is 0 Å². The monoisotopic (exact) mass is 243 g/mol. The maximum Gasteiger partial charge on any atom is 0.209 e. The number of rotatable bonds is 2. The van der Waals surface area contributed by atoms with Gasteiger partial charge in [-0.2, -0.15) is 0 Å². The molecule has 0 bridgehead atoms. The number of H-pyrrole nitrogens is 1. The lowest BCUT2D eigenvalue weighted by atomic mass is 10.6. The minimum absolute atomic E-state index is 0.0558. The standard InChI is InChI=1S/C7H5N3OS3/c11-5-4(14-7(12)10-5)3-9-6-8-1-2-13-6/h1-3,11H,(H,10,12)/b9-3+. The van der Waals surface area contributed by atoms with Crippen LogP contribution in [0.25, 0.3) is 0 Å². The third kappa shape index (κ3) is 2.06. The summed E-state index contributed by atoms with van der Waals surface area (Å²) in [6.07, 6.45) is 3.22. The Morgan fingerprint density at radius 2 is 2.50 bits per heavy atom. The maximum atomic E-state index is 9.34. The van der Waals surface area contributed by atoms with E-state index >= 15 is 0 Å². The molecule has 0 amide bonds. The summed E-state index contributed by atoms with van der Waals surface area (Å²) in [4.78, 5) is 11.3. The Balaban J connectivity index is 2.26. The van der Waals surface area contributed by atoms with Crippen LogP contribution in [0.4, 0.5) is 5.13 Å². The fraction of sp³-hybridized carbons (Fsp3) is 0. The summed E-state index contributed by atoms with van der Waals surface area (Å²) in [5.74, 6) is 0.0558. The van der Waals surface area contributed by atoms with Gasteiger partial charge in [0.2, 0.25) is 11.0 Å². The summed E-state index contributed by atoms with van der Waals surface area (Å²) < 4.78 is 0.531. The lowest BCUT2D eigenvalue weighted by Crippen LogP contribution is -1.73. The lowest BCUT2D eigenvalue weighted by Gasteiger charge is -1.85. The average molecular weight is 243 g/mol. The van der Waals surface area contributed by atoms with E-state index in [1.54, 1.807) is 12.4 Å². The first kappa shape index (κ1) is 9.50. The molecule has 0 fully saturated rings. The second-order valence-corrected chi connectivity index (χ2v) is 4.89. The van der Waals surface area contributed by atoms with Crippen LogP contribution in [-0.4, -0.2) is 21.3 Å². The average Bonchev–Trinajstić information content (AvgIpc) is 2.72. The van der Waals surface area contributed by atoms with Gasteiger partial charge in [0.15, 0.2) is 3.95 Å². The van der Waals surface area contributed by atoms with Crippen molar-refractivity contribution >= 4 is 46.2 Å². The minimum atomic E-state index is 0.0558. The van der Waals surface area contributed by atoms with E-state index in [0.29, 0.717) is 14.0 Å². The fourth-order valence-electron chi connectivity index (χ4n) is 0.813. The van der Waals surface area contributed by atoms with Gasteiger partial charge in [0.05, 0.1) is 6.21 Å². The highest BCUT2D eigenvalue weighted by atomic mass is 32.1. The van der Waals surface area contributed by atoms with Crippen LogP contribution in [0.2, 0.25) is 0 Å². The molecule has 0 aliphatic rings. The SMILES string of the molecule is Oc1[nH]c(=S)sc1/C=N/c1nccs1. The van der Waals surface area contributed by atoms with Gasteiger partial charge in [-0.15, -0.1) is 11.3 Å². The smallest absolute Gasteiger partial charge is 0.209 e. The number of nitrogens with one attached hydrogen (secondary N) is 1. The van der Waals surface area contributed by atoms with Gasteiger partial charge in [-0.25, -0.2) is 9.98 Å². The van der Waals surface area contributed by atoms with Crippen LogP contribution in [0.15, 0.2) is 16.6 Å². The molecule has 2 aromatic heterocycles. The number of hydrogen-bond donors (Lipinski definition) is 2. The summed E-state index contributed by atoms with van der Waals surface area (Å²) >= 11 is 7.57. The van der Waals surface area contributed by atoms with E-state index in [4.69, 9.17) is 12.2 Å². The van der Waals surface area contributed by atoms with E-state index in [0.717, 1.165) is 0 Å². The number of aromatic amines is 1. The molecule has 2 heterocycles. The number of aromatic hydroxyl groups is 1. The van der Waals surface area contributed by atoms with Gasteiger partial charge < -0.3 is 10.1 Å². The van der Waals surface area contributed by atoms with Crippen LogP contribution < -0.4 is 0 Å². The van der Waals surface area contributed by atoms with E-state index < -0.39 is 0 Å². The first-order valence-corrected chi connectivity index (χ1v) is 5.72. The highest BCUT2D eigenvalue weighted by Gasteiger charge is 2.01. The molecule has 2 N–H and O–H groups in total. The molecular formula is C7H5N3OS3. The number of nitrogens with zero attached hydrogens (tertiary/aromatic N) is 2. The molecule has 0 aliphatic carbocycles. The zero-order valence-electron chi connectivity index (χ0n) is 6.80. The number of aliphatic imine (C=N–C) groups is 1. The molecule has 0 aliphatic heterocycles. The van der Waals surface area contributed by atoms with Gasteiger partial charge in [0.1, 0.15) is 4.88 Å². The van der Waals surface area contributed by atoms with E-state index in [-0.39, 0.29) is 5.88 Å². The molecule has 0 atom stereocenters. The highest BCUT2D eigenvalue weighted by Crippen LogP contribution is 2.21. The highest BCUT2D eigenvalue weighted by molar-refractivity contribution is 7.73. The first-order chi connectivity index (χ1) is 6.75. The Morgan fingerprint density at radius 1 is 1.64 bits per heavy atom. The normalized spacial score (nSPS) is 11.1. The largest absolute Gasteiger partial charge is 0.494 e. The molecule has 0 saturated carbocycles. The number of aromatic nitrogens is 2. The van der Waals surface area contributed by atoms with Gasteiger partial charge in [-0.3, -0.25) is 0 Å². The van der Waals surface area contributed by atoms with Crippen LogP contribution in [-0.2, 0) is 0 Å². The molecule has 0 saturated heterocycles. The molecule has 7 heteroatoms. The summed E-state index contributed by atoms with van der Waals surface area (Å²) in [7, 11) is 0. The van der Waals surface area contributed by atoms with Gasteiger partial charge >= 0.3 is 0 Å². The van der Waals surface area contributed by atoms with E-state index in [1.165, 1.54) is 22.7 Å². The van der Waals surface area contributed by atoms with Crippen LogP contribution >= 0.6 is 34.9 Å². The second-order valence-electron chi connectivity index (χ2n) is 2.30. The first-order valence-electron chi connectivity index (χ1n) is 3.61. The molecule has 0 spiro atoms. The quantitative estimate of drug-likeness (QED) is 0.629. The van der Waals surface area contributed by atoms with Crippen molar-refractivity contribution in [3.8, 4) is 5.88 Å². The molecule has 4 nitrogen and oxygen atoms in total. The summed E-state index contributed by atoms with van der Waals surface area (Å²) in [5.41, 5.74) is 0. The van der Waals surface area contributed by atoms with Crippen molar-refractivity contribution in [1.82, 2.24) is 9.97 Å². The minimum Gasteiger partial charge on any atom is -0.494 e. The Labute approximate surface area is 92.6 Å². The van der Waals surface area contributed by atoms with E-state index in [1.807, 2.05) is 5.38 Å². The zero-order valence-corrected chi connectivity index (χ0v) is 9.25. The predicted molar refractivity (Wildman–Crippen MR) is 60.5 cm³/mol. The zero-order chi connectivity index (χ0) is 9.97. The van der Waals surface area contributed by atoms with Crippen molar-refractivity contribution in [3.63, 3.8) is 0 Å². The van der Waals surface area contributed by atoms with Crippen molar-refractivity contribution in [3.05, 3.63) is 20.4 Å². The molecule has 0 aromatic carbocycles. The van der Waals surface area contributed by atoms with E-state index in [9.17, 15) is 5.11 Å². The Hall–Kier alpha value is -1.05. The Morgan fingerprint density at radius 3 is 3.07 bits per heavy atom. The maximum absolute atomic E-state index is 9.34. The Bertz CT molecular complexity index is 496. The molecule has 14 heavy (non-hydrogen) atoms.